The van der Waals surface area contributed by atoms with Crippen molar-refractivity contribution in [3.05, 3.63) is 117 Å². The summed E-state index contributed by atoms with van der Waals surface area (Å²) < 4.78 is 1.04. The number of hydrogen-bond acceptors (Lipinski definition) is 1. The molecular weight excluding hydrogens is 458 g/mol. The first-order valence-corrected chi connectivity index (χ1v) is 11.7. The summed E-state index contributed by atoms with van der Waals surface area (Å²) in [7, 11) is 0. The van der Waals surface area contributed by atoms with E-state index in [4.69, 9.17) is 0 Å². The van der Waals surface area contributed by atoms with Crippen LogP contribution < -0.4 is 5.32 Å². The summed E-state index contributed by atoms with van der Waals surface area (Å²) in [4.78, 5) is 13.6. The molecule has 1 N–H and O–H groups in total. The van der Waals surface area contributed by atoms with Crippen LogP contribution in [0.15, 0.2) is 89.4 Å². The van der Waals surface area contributed by atoms with Crippen molar-refractivity contribution >= 4 is 44.4 Å². The van der Waals surface area contributed by atoms with Crippen molar-refractivity contribution in [1.82, 2.24) is 0 Å². The maximum absolute atomic E-state index is 13.6. The van der Waals surface area contributed by atoms with E-state index >= 15 is 0 Å². The van der Waals surface area contributed by atoms with E-state index in [1.54, 1.807) is 0 Å². The van der Waals surface area contributed by atoms with Crippen LogP contribution in [0.4, 0.5) is 5.69 Å². The molecule has 4 aromatic carbocycles. The fraction of sp³-hybridized carbons (Fsp3) is 0.138. The lowest BCUT2D eigenvalue weighted by molar-refractivity contribution is -0.118. The lowest BCUT2D eigenvalue weighted by Gasteiger charge is -2.35. The Kier molecular flexibility index (Phi) is 4.38. The standard InChI is InChI=1S/C29H22BrNO/c1-18-24(30)13-14-25-26(18)27(28(32)31-25)29(16-15-20-8-3-5-12-23(20)29)17-21-10-6-9-19-7-2-4-11-22(19)21/h2-16,27H,17H2,1H3,(H,31,32). The average molecular weight is 480 g/mol. The first-order chi connectivity index (χ1) is 15.6. The molecule has 0 spiro atoms. The number of hydrogen-bond donors (Lipinski definition) is 1. The van der Waals surface area contributed by atoms with Crippen LogP contribution >= 0.6 is 15.9 Å². The molecule has 0 aromatic heterocycles. The molecule has 2 nitrogen and oxygen atoms in total. The second kappa shape index (κ2) is 7.18. The highest BCUT2D eigenvalue weighted by atomic mass is 79.9. The van der Waals surface area contributed by atoms with Crippen LogP contribution in [0.2, 0.25) is 0 Å². The van der Waals surface area contributed by atoms with E-state index in [9.17, 15) is 4.79 Å². The Balaban J connectivity index is 1.61. The Morgan fingerprint density at radius 2 is 1.72 bits per heavy atom. The molecule has 0 saturated heterocycles. The molecule has 2 aliphatic rings. The molecule has 2 unspecified atom stereocenters. The third-order valence-electron chi connectivity index (χ3n) is 7.16. The number of benzene rings is 4. The summed E-state index contributed by atoms with van der Waals surface area (Å²) in [6.07, 6.45) is 5.23. The van der Waals surface area contributed by atoms with Gasteiger partial charge in [0.2, 0.25) is 5.91 Å². The fourth-order valence-corrected chi connectivity index (χ4v) is 6.02. The number of amides is 1. The first kappa shape index (κ1) is 19.5. The fourth-order valence-electron chi connectivity index (χ4n) is 5.67. The van der Waals surface area contributed by atoms with Gasteiger partial charge in [0.15, 0.2) is 0 Å². The molecule has 0 saturated carbocycles. The van der Waals surface area contributed by atoms with Crippen molar-refractivity contribution in [2.45, 2.75) is 24.7 Å². The van der Waals surface area contributed by atoms with Gasteiger partial charge in [-0.2, -0.15) is 0 Å². The van der Waals surface area contributed by atoms with Crippen LogP contribution in [0.25, 0.3) is 16.8 Å². The number of halogens is 1. The number of rotatable bonds is 3. The molecule has 1 aliphatic heterocycles. The molecular formula is C29H22BrNO. The Hall–Kier alpha value is -3.17. The van der Waals surface area contributed by atoms with Crippen molar-refractivity contribution < 1.29 is 4.79 Å². The van der Waals surface area contributed by atoms with Crippen molar-refractivity contribution in [3.8, 4) is 0 Å². The third kappa shape index (κ3) is 2.74. The predicted octanol–water partition coefficient (Wildman–Crippen LogP) is 7.15. The second-order valence-electron chi connectivity index (χ2n) is 8.83. The van der Waals surface area contributed by atoms with E-state index in [2.05, 4.69) is 107 Å². The van der Waals surface area contributed by atoms with Gasteiger partial charge in [-0.25, -0.2) is 0 Å². The minimum atomic E-state index is -0.457. The number of carbonyl (C=O) groups excluding carboxylic acids is 1. The summed E-state index contributed by atoms with van der Waals surface area (Å²) in [6, 6.07) is 27.5. The highest BCUT2D eigenvalue weighted by molar-refractivity contribution is 9.10. The second-order valence-corrected chi connectivity index (χ2v) is 9.69. The quantitative estimate of drug-likeness (QED) is 0.331. The third-order valence-corrected chi connectivity index (χ3v) is 8.02. The number of allylic oxidation sites excluding steroid dienone is 1. The van der Waals surface area contributed by atoms with Gasteiger partial charge >= 0.3 is 0 Å². The molecule has 3 heteroatoms. The van der Waals surface area contributed by atoms with E-state index < -0.39 is 5.41 Å². The molecule has 1 aliphatic carbocycles. The van der Waals surface area contributed by atoms with Gasteiger partial charge in [0.25, 0.3) is 0 Å². The van der Waals surface area contributed by atoms with Crippen molar-refractivity contribution in [1.29, 1.82) is 0 Å². The number of nitrogens with one attached hydrogen (secondary N) is 1. The summed E-state index contributed by atoms with van der Waals surface area (Å²) in [6.45, 7) is 2.10. The lowest BCUT2D eigenvalue weighted by atomic mass is 9.65. The van der Waals surface area contributed by atoms with E-state index in [0.29, 0.717) is 0 Å². The number of carbonyl (C=O) groups is 1. The van der Waals surface area contributed by atoms with Crippen molar-refractivity contribution in [2.75, 3.05) is 5.32 Å². The van der Waals surface area contributed by atoms with Crippen LogP contribution in [-0.4, -0.2) is 5.91 Å². The Morgan fingerprint density at radius 1 is 0.938 bits per heavy atom. The number of anilines is 1. The Morgan fingerprint density at radius 3 is 2.62 bits per heavy atom. The number of fused-ring (bicyclic) bond motifs is 3. The zero-order valence-corrected chi connectivity index (χ0v) is 19.3. The molecule has 4 aromatic rings. The first-order valence-electron chi connectivity index (χ1n) is 10.9. The molecule has 32 heavy (non-hydrogen) atoms. The minimum Gasteiger partial charge on any atom is -0.325 e. The summed E-state index contributed by atoms with van der Waals surface area (Å²) in [5, 5.41) is 5.65. The zero-order valence-electron chi connectivity index (χ0n) is 17.7. The van der Waals surface area contributed by atoms with Crippen molar-refractivity contribution in [2.24, 2.45) is 0 Å². The zero-order chi connectivity index (χ0) is 21.9. The maximum atomic E-state index is 13.6. The average Bonchev–Trinajstić information content (AvgIpc) is 3.35. The lowest BCUT2D eigenvalue weighted by Crippen LogP contribution is -2.37. The van der Waals surface area contributed by atoms with E-state index in [1.165, 1.54) is 27.5 Å². The minimum absolute atomic E-state index is 0.0720. The highest BCUT2D eigenvalue weighted by Crippen LogP contribution is 2.54. The monoisotopic (exact) mass is 479 g/mol. The predicted molar refractivity (Wildman–Crippen MR) is 135 cm³/mol. The van der Waals surface area contributed by atoms with Gasteiger partial charge in [0, 0.05) is 15.6 Å². The van der Waals surface area contributed by atoms with Gasteiger partial charge < -0.3 is 5.32 Å². The molecule has 0 bridgehead atoms. The van der Waals surface area contributed by atoms with Crippen LogP contribution in [0, 0.1) is 6.92 Å². The van der Waals surface area contributed by atoms with Gasteiger partial charge in [0.05, 0.1) is 5.92 Å². The van der Waals surface area contributed by atoms with Crippen molar-refractivity contribution in [3.63, 3.8) is 0 Å². The van der Waals surface area contributed by atoms with Crippen LogP contribution in [0.5, 0.6) is 0 Å². The molecule has 0 fully saturated rings. The van der Waals surface area contributed by atoms with Crippen LogP contribution in [-0.2, 0) is 16.6 Å². The van der Waals surface area contributed by atoms with Crippen LogP contribution in [0.3, 0.4) is 0 Å². The largest absolute Gasteiger partial charge is 0.325 e. The van der Waals surface area contributed by atoms with Crippen LogP contribution in [0.1, 0.15) is 33.7 Å². The maximum Gasteiger partial charge on any atom is 0.233 e. The van der Waals surface area contributed by atoms with Gasteiger partial charge in [0.1, 0.15) is 0 Å². The highest BCUT2D eigenvalue weighted by Gasteiger charge is 2.50. The molecule has 1 heterocycles. The summed E-state index contributed by atoms with van der Waals surface area (Å²) in [5.41, 5.74) is 6.38. The smallest absolute Gasteiger partial charge is 0.233 e. The molecule has 6 rings (SSSR count). The van der Waals surface area contributed by atoms with E-state index in [-0.39, 0.29) is 11.8 Å². The van der Waals surface area contributed by atoms with Gasteiger partial charge in [-0.15, -0.1) is 0 Å². The molecule has 2 atom stereocenters. The summed E-state index contributed by atoms with van der Waals surface area (Å²) >= 11 is 3.70. The Bertz CT molecular complexity index is 1430. The molecule has 1 amide bonds. The van der Waals surface area contributed by atoms with E-state index in [1.807, 2.05) is 12.1 Å². The Labute approximate surface area is 196 Å². The normalized spacial score (nSPS) is 20.9. The topological polar surface area (TPSA) is 29.1 Å². The SMILES string of the molecule is Cc1c(Br)ccc2c1C(C1(Cc3cccc4ccccc34)C=Cc3ccccc31)C(=O)N2. The van der Waals surface area contributed by atoms with E-state index in [0.717, 1.165) is 27.7 Å². The summed E-state index contributed by atoms with van der Waals surface area (Å²) in [5.74, 6) is -0.225. The van der Waals surface area contributed by atoms with Gasteiger partial charge in [-0.3, -0.25) is 4.79 Å². The van der Waals surface area contributed by atoms with Gasteiger partial charge in [-0.1, -0.05) is 94.8 Å². The molecule has 0 radical (unpaired) electrons. The molecule has 156 valence electrons. The van der Waals surface area contributed by atoms with Gasteiger partial charge in [-0.05, 0) is 64.1 Å².